The molecular weight excluding hydrogens is 454 g/mol. The Morgan fingerprint density at radius 3 is 2.14 bits per heavy atom. The SMILES string of the molecule is CCCCCCCCN(C(=O)C(C)NC(=O)OC(C)(C)C)C(C(=O)NC(C)(C)C)c1cccc(C)c1. The molecule has 0 spiro atoms. The van der Waals surface area contributed by atoms with Gasteiger partial charge in [-0.3, -0.25) is 9.59 Å². The lowest BCUT2D eigenvalue weighted by Gasteiger charge is -2.35. The van der Waals surface area contributed by atoms with Crippen molar-refractivity contribution in [1.29, 1.82) is 0 Å². The first-order valence-electron chi connectivity index (χ1n) is 13.3. The van der Waals surface area contributed by atoms with E-state index in [1.54, 1.807) is 32.6 Å². The molecule has 7 nitrogen and oxygen atoms in total. The van der Waals surface area contributed by atoms with Crippen molar-refractivity contribution in [1.82, 2.24) is 15.5 Å². The number of ether oxygens (including phenoxy) is 1. The Kier molecular flexibility index (Phi) is 12.4. The van der Waals surface area contributed by atoms with E-state index >= 15 is 0 Å². The van der Waals surface area contributed by atoms with Crippen LogP contribution in [0, 0.1) is 6.92 Å². The van der Waals surface area contributed by atoms with E-state index < -0.39 is 29.3 Å². The molecule has 0 saturated heterocycles. The molecule has 0 saturated carbocycles. The molecule has 0 heterocycles. The summed E-state index contributed by atoms with van der Waals surface area (Å²) in [5, 5.41) is 5.71. The second kappa shape index (κ2) is 14.2. The molecule has 0 aromatic heterocycles. The lowest BCUT2D eigenvalue weighted by atomic mass is 9.99. The lowest BCUT2D eigenvalue weighted by molar-refractivity contribution is -0.142. The van der Waals surface area contributed by atoms with E-state index in [0.717, 1.165) is 36.8 Å². The van der Waals surface area contributed by atoms with Gasteiger partial charge in [0, 0.05) is 12.1 Å². The van der Waals surface area contributed by atoms with Crippen molar-refractivity contribution in [3.05, 3.63) is 35.4 Å². The first-order valence-corrected chi connectivity index (χ1v) is 13.3. The monoisotopic (exact) mass is 503 g/mol. The van der Waals surface area contributed by atoms with E-state index in [-0.39, 0.29) is 11.8 Å². The topological polar surface area (TPSA) is 87.7 Å². The average Bonchev–Trinajstić information content (AvgIpc) is 2.72. The Morgan fingerprint density at radius 2 is 1.58 bits per heavy atom. The normalized spacial score (nSPS) is 13.5. The Hall–Kier alpha value is -2.57. The minimum atomic E-state index is -0.852. The zero-order chi connectivity index (χ0) is 27.5. The van der Waals surface area contributed by atoms with Gasteiger partial charge in [-0.15, -0.1) is 0 Å². The van der Waals surface area contributed by atoms with Gasteiger partial charge in [0.15, 0.2) is 0 Å². The molecule has 2 atom stereocenters. The van der Waals surface area contributed by atoms with Crippen molar-refractivity contribution in [2.45, 2.75) is 124 Å². The second-order valence-electron chi connectivity index (χ2n) is 11.7. The highest BCUT2D eigenvalue weighted by molar-refractivity contribution is 5.92. The highest BCUT2D eigenvalue weighted by Gasteiger charge is 2.35. The Balaban J connectivity index is 3.28. The predicted octanol–water partition coefficient (Wildman–Crippen LogP) is 6.05. The summed E-state index contributed by atoms with van der Waals surface area (Å²) >= 11 is 0. The predicted molar refractivity (Wildman–Crippen MR) is 146 cm³/mol. The smallest absolute Gasteiger partial charge is 0.408 e. The van der Waals surface area contributed by atoms with Crippen molar-refractivity contribution in [2.24, 2.45) is 0 Å². The summed E-state index contributed by atoms with van der Waals surface area (Å²) in [5.74, 6) is -0.554. The molecule has 1 rings (SSSR count). The molecule has 0 aliphatic rings. The van der Waals surface area contributed by atoms with Crippen LogP contribution in [0.15, 0.2) is 24.3 Å². The highest BCUT2D eigenvalue weighted by atomic mass is 16.6. The van der Waals surface area contributed by atoms with E-state index in [2.05, 4.69) is 17.6 Å². The molecule has 204 valence electrons. The highest BCUT2D eigenvalue weighted by Crippen LogP contribution is 2.25. The molecule has 2 N–H and O–H groups in total. The zero-order valence-electron chi connectivity index (χ0n) is 24.0. The van der Waals surface area contributed by atoms with Crippen LogP contribution >= 0.6 is 0 Å². The fourth-order valence-electron chi connectivity index (χ4n) is 3.97. The number of amides is 3. The van der Waals surface area contributed by atoms with Gasteiger partial charge < -0.3 is 20.3 Å². The molecule has 0 aliphatic heterocycles. The lowest BCUT2D eigenvalue weighted by Crippen LogP contribution is -2.54. The van der Waals surface area contributed by atoms with E-state index in [1.165, 1.54) is 12.8 Å². The van der Waals surface area contributed by atoms with E-state index in [4.69, 9.17) is 4.74 Å². The average molecular weight is 504 g/mol. The standard InChI is InChI=1S/C29H49N3O4/c1-10-11-12-13-14-15-19-32(26(34)22(3)30-27(35)36-29(7,8)9)24(25(33)31-28(4,5)6)23-18-16-17-21(2)20-23/h16-18,20,22,24H,10-15,19H2,1-9H3,(H,30,35)(H,31,33). The third-order valence-corrected chi connectivity index (χ3v) is 5.56. The van der Waals surface area contributed by atoms with Crippen LogP contribution < -0.4 is 10.6 Å². The number of rotatable bonds is 12. The minimum absolute atomic E-state index is 0.239. The van der Waals surface area contributed by atoms with E-state index in [0.29, 0.717) is 6.54 Å². The van der Waals surface area contributed by atoms with Crippen LogP contribution in [0.25, 0.3) is 0 Å². The summed E-state index contributed by atoms with van der Waals surface area (Å²) < 4.78 is 5.35. The van der Waals surface area contributed by atoms with Crippen molar-refractivity contribution < 1.29 is 19.1 Å². The van der Waals surface area contributed by atoms with Gasteiger partial charge >= 0.3 is 6.09 Å². The quantitative estimate of drug-likeness (QED) is 0.340. The van der Waals surface area contributed by atoms with Gasteiger partial charge in [0.2, 0.25) is 11.8 Å². The van der Waals surface area contributed by atoms with Crippen molar-refractivity contribution in [3.63, 3.8) is 0 Å². The van der Waals surface area contributed by atoms with Gasteiger partial charge in [-0.2, -0.15) is 0 Å². The second-order valence-corrected chi connectivity index (χ2v) is 11.7. The van der Waals surface area contributed by atoms with Crippen LogP contribution in [-0.2, 0) is 14.3 Å². The van der Waals surface area contributed by atoms with Crippen LogP contribution in [0.3, 0.4) is 0 Å². The number of benzene rings is 1. The molecule has 2 unspecified atom stereocenters. The van der Waals surface area contributed by atoms with Gasteiger partial charge in [-0.1, -0.05) is 68.9 Å². The maximum absolute atomic E-state index is 13.8. The number of alkyl carbamates (subject to hydrolysis) is 1. The number of carbonyl (C=O) groups is 3. The molecule has 3 amide bonds. The van der Waals surface area contributed by atoms with Crippen LogP contribution in [0.2, 0.25) is 0 Å². The maximum atomic E-state index is 13.8. The number of nitrogens with zero attached hydrogens (tertiary/aromatic N) is 1. The summed E-state index contributed by atoms with van der Waals surface area (Å²) in [7, 11) is 0. The number of hydrogen-bond acceptors (Lipinski definition) is 4. The molecule has 1 aromatic rings. The fraction of sp³-hybridized carbons (Fsp3) is 0.690. The first kappa shape index (κ1) is 31.5. The summed E-state index contributed by atoms with van der Waals surface area (Å²) in [6, 6.07) is 6.03. The van der Waals surface area contributed by atoms with Gasteiger partial charge in [0.1, 0.15) is 17.7 Å². The van der Waals surface area contributed by atoms with Crippen molar-refractivity contribution in [3.8, 4) is 0 Å². The maximum Gasteiger partial charge on any atom is 0.408 e. The van der Waals surface area contributed by atoms with Crippen LogP contribution in [0.1, 0.15) is 111 Å². The molecule has 0 radical (unpaired) electrons. The van der Waals surface area contributed by atoms with E-state index in [1.807, 2.05) is 52.0 Å². The molecular formula is C29H49N3O4. The third kappa shape index (κ3) is 11.9. The van der Waals surface area contributed by atoms with Crippen LogP contribution in [0.5, 0.6) is 0 Å². The Morgan fingerprint density at radius 1 is 0.972 bits per heavy atom. The molecule has 0 aliphatic carbocycles. The molecule has 36 heavy (non-hydrogen) atoms. The number of unbranched alkanes of at least 4 members (excludes halogenated alkanes) is 5. The molecule has 0 bridgehead atoms. The summed E-state index contributed by atoms with van der Waals surface area (Å²) in [4.78, 5) is 41.4. The first-order chi connectivity index (χ1) is 16.6. The van der Waals surface area contributed by atoms with Crippen molar-refractivity contribution >= 4 is 17.9 Å². The largest absolute Gasteiger partial charge is 0.444 e. The van der Waals surface area contributed by atoms with Gasteiger partial charge in [0.05, 0.1) is 0 Å². The van der Waals surface area contributed by atoms with E-state index in [9.17, 15) is 14.4 Å². The van der Waals surface area contributed by atoms with Crippen LogP contribution in [0.4, 0.5) is 4.79 Å². The summed E-state index contributed by atoms with van der Waals surface area (Å²) in [6.45, 7) is 17.3. The third-order valence-electron chi connectivity index (χ3n) is 5.56. The minimum Gasteiger partial charge on any atom is -0.444 e. The van der Waals surface area contributed by atoms with Gasteiger partial charge in [-0.25, -0.2) is 4.79 Å². The van der Waals surface area contributed by atoms with Gasteiger partial charge in [0.25, 0.3) is 0 Å². The Labute approximate surface area is 218 Å². The number of hydrogen-bond donors (Lipinski definition) is 2. The number of carbonyl (C=O) groups excluding carboxylic acids is 3. The summed E-state index contributed by atoms with van der Waals surface area (Å²) in [5.41, 5.74) is 0.615. The van der Waals surface area contributed by atoms with Crippen molar-refractivity contribution in [2.75, 3.05) is 6.54 Å². The number of aryl methyl sites for hydroxylation is 1. The molecule has 0 fully saturated rings. The summed E-state index contributed by atoms with van der Waals surface area (Å²) in [6.07, 6.45) is 5.70. The Bertz CT molecular complexity index is 855. The fourth-order valence-corrected chi connectivity index (χ4v) is 3.97. The molecule has 1 aromatic carbocycles. The van der Waals surface area contributed by atoms with Crippen LogP contribution in [-0.4, -0.2) is 46.5 Å². The number of nitrogens with one attached hydrogen (secondary N) is 2. The zero-order valence-corrected chi connectivity index (χ0v) is 24.0. The van der Waals surface area contributed by atoms with Gasteiger partial charge in [-0.05, 0) is 67.4 Å². The molecule has 7 heteroatoms.